The summed E-state index contributed by atoms with van der Waals surface area (Å²) in [6.45, 7) is 4.64. The molecule has 1 aromatic heterocycles. The number of nitrogens with one attached hydrogen (secondary N) is 1. The Bertz CT molecular complexity index is 528. The van der Waals surface area contributed by atoms with E-state index in [1.807, 2.05) is 11.8 Å². The van der Waals surface area contributed by atoms with Gasteiger partial charge in [0.2, 0.25) is 5.28 Å². The smallest absolute Gasteiger partial charge is 0.224 e. The number of hydrogen-bond acceptors (Lipinski definition) is 5. The van der Waals surface area contributed by atoms with Crippen molar-refractivity contribution in [2.45, 2.75) is 61.6 Å². The molecule has 116 valence electrons. The zero-order valence-corrected chi connectivity index (χ0v) is 14.1. The lowest BCUT2D eigenvalue weighted by Crippen LogP contribution is -2.48. The Hall–Kier alpha value is -0.520. The number of anilines is 1. The van der Waals surface area contributed by atoms with Gasteiger partial charge in [0.1, 0.15) is 5.82 Å². The van der Waals surface area contributed by atoms with Crippen molar-refractivity contribution in [3.8, 4) is 0 Å². The van der Waals surface area contributed by atoms with E-state index < -0.39 is 0 Å². The molecule has 1 unspecified atom stereocenters. The minimum atomic E-state index is -0.206. The third kappa shape index (κ3) is 3.15. The maximum atomic E-state index is 9.64. The average Bonchev–Trinajstić information content (AvgIpc) is 2.74. The van der Waals surface area contributed by atoms with E-state index in [1.54, 1.807) is 0 Å². The molecule has 0 amide bonds. The van der Waals surface area contributed by atoms with Crippen LogP contribution in [0.5, 0.6) is 0 Å². The molecule has 1 atom stereocenters. The van der Waals surface area contributed by atoms with E-state index in [0.29, 0.717) is 16.5 Å². The van der Waals surface area contributed by atoms with Crippen LogP contribution in [0.15, 0.2) is 4.90 Å². The second-order valence-corrected chi connectivity index (χ2v) is 8.26. The number of hydrogen-bond donors (Lipinski definition) is 2. The van der Waals surface area contributed by atoms with Crippen molar-refractivity contribution in [3.63, 3.8) is 0 Å². The van der Waals surface area contributed by atoms with E-state index in [0.717, 1.165) is 42.1 Å². The Morgan fingerprint density at radius 1 is 1.43 bits per heavy atom. The Morgan fingerprint density at radius 2 is 2.19 bits per heavy atom. The molecule has 0 saturated heterocycles. The highest BCUT2D eigenvalue weighted by molar-refractivity contribution is 8.00. The molecule has 3 rings (SSSR count). The summed E-state index contributed by atoms with van der Waals surface area (Å²) in [5.74, 6) is 1.49. The predicted octanol–water partition coefficient (Wildman–Crippen LogP) is 3.52. The maximum absolute atomic E-state index is 9.64. The average molecular weight is 328 g/mol. The maximum Gasteiger partial charge on any atom is 0.224 e. The molecule has 2 N–H and O–H groups in total. The molecule has 1 saturated carbocycles. The first-order chi connectivity index (χ1) is 10.0. The molecule has 4 nitrogen and oxygen atoms in total. The molecule has 2 heterocycles. The highest BCUT2D eigenvalue weighted by atomic mass is 35.5. The van der Waals surface area contributed by atoms with Crippen molar-refractivity contribution in [2.24, 2.45) is 5.92 Å². The van der Waals surface area contributed by atoms with Gasteiger partial charge in [-0.1, -0.05) is 13.8 Å². The van der Waals surface area contributed by atoms with Crippen molar-refractivity contribution in [1.29, 1.82) is 0 Å². The van der Waals surface area contributed by atoms with Crippen LogP contribution in [-0.2, 0) is 6.42 Å². The van der Waals surface area contributed by atoms with Crippen LogP contribution in [0.4, 0.5) is 5.82 Å². The topological polar surface area (TPSA) is 58.0 Å². The highest BCUT2D eigenvalue weighted by Crippen LogP contribution is 2.45. The molecule has 1 fully saturated rings. The summed E-state index contributed by atoms with van der Waals surface area (Å²) < 4.78 is 0. The summed E-state index contributed by atoms with van der Waals surface area (Å²) >= 11 is 7.94. The Morgan fingerprint density at radius 3 is 2.76 bits per heavy atom. The van der Waals surface area contributed by atoms with Crippen molar-refractivity contribution in [3.05, 3.63) is 11.0 Å². The molecule has 0 aromatic carbocycles. The van der Waals surface area contributed by atoms with Crippen LogP contribution in [0.1, 0.15) is 45.2 Å². The van der Waals surface area contributed by atoms with Crippen molar-refractivity contribution in [2.75, 3.05) is 11.9 Å². The normalized spacial score (nSPS) is 23.0. The highest BCUT2D eigenvalue weighted by Gasteiger charge is 2.38. The lowest BCUT2D eigenvalue weighted by atomic mass is 9.77. The van der Waals surface area contributed by atoms with Gasteiger partial charge in [-0.15, -0.1) is 11.8 Å². The molecule has 1 aliphatic heterocycles. The quantitative estimate of drug-likeness (QED) is 0.810. The molecule has 6 heteroatoms. The summed E-state index contributed by atoms with van der Waals surface area (Å²) in [6.07, 6.45) is 5.25. The van der Waals surface area contributed by atoms with Gasteiger partial charge < -0.3 is 10.4 Å². The number of aromatic nitrogens is 2. The van der Waals surface area contributed by atoms with E-state index in [4.69, 9.17) is 11.6 Å². The van der Waals surface area contributed by atoms with Crippen LogP contribution in [0.2, 0.25) is 5.28 Å². The van der Waals surface area contributed by atoms with Crippen LogP contribution in [0, 0.1) is 5.92 Å². The molecule has 1 aromatic rings. The summed E-state index contributed by atoms with van der Waals surface area (Å²) in [6, 6.07) is 0. The van der Waals surface area contributed by atoms with Crippen LogP contribution in [0.25, 0.3) is 0 Å². The zero-order valence-electron chi connectivity index (χ0n) is 12.5. The number of halogens is 1. The minimum Gasteiger partial charge on any atom is -0.394 e. The number of aliphatic hydroxyl groups excluding tert-OH is 1. The van der Waals surface area contributed by atoms with Crippen molar-refractivity contribution < 1.29 is 5.11 Å². The van der Waals surface area contributed by atoms with E-state index in [9.17, 15) is 5.11 Å². The summed E-state index contributed by atoms with van der Waals surface area (Å²) in [5, 5.41) is 13.9. The summed E-state index contributed by atoms with van der Waals surface area (Å²) in [5.41, 5.74) is 0.850. The van der Waals surface area contributed by atoms with Gasteiger partial charge in [0.15, 0.2) is 0 Å². The van der Waals surface area contributed by atoms with E-state index in [2.05, 4.69) is 29.1 Å². The Balaban J connectivity index is 1.83. The lowest BCUT2D eigenvalue weighted by molar-refractivity contribution is 0.143. The Kier molecular flexibility index (Phi) is 4.35. The third-order valence-corrected chi connectivity index (χ3v) is 5.87. The SMILES string of the molecule is CC(C)CC1Cc2nc(Cl)nc(NC3(CO)CCC3)c2S1. The molecular formula is C15H22ClN3OS. The largest absolute Gasteiger partial charge is 0.394 e. The van der Waals surface area contributed by atoms with Crippen LogP contribution in [0.3, 0.4) is 0 Å². The lowest BCUT2D eigenvalue weighted by Gasteiger charge is -2.41. The first-order valence-corrected chi connectivity index (χ1v) is 8.89. The molecule has 0 spiro atoms. The van der Waals surface area contributed by atoms with Gasteiger partial charge in [-0.3, -0.25) is 0 Å². The molecule has 21 heavy (non-hydrogen) atoms. The van der Waals surface area contributed by atoms with Crippen LogP contribution in [-0.4, -0.2) is 32.5 Å². The van der Waals surface area contributed by atoms with Crippen LogP contribution < -0.4 is 5.32 Å². The minimum absolute atomic E-state index is 0.142. The first-order valence-electron chi connectivity index (χ1n) is 7.63. The molecule has 1 aliphatic carbocycles. The van der Waals surface area contributed by atoms with Gasteiger partial charge >= 0.3 is 0 Å². The second-order valence-electron chi connectivity index (χ2n) is 6.61. The number of nitrogens with zero attached hydrogens (tertiary/aromatic N) is 2. The van der Waals surface area contributed by atoms with Crippen LogP contribution >= 0.6 is 23.4 Å². The second kappa shape index (κ2) is 5.94. The number of aliphatic hydroxyl groups is 1. The van der Waals surface area contributed by atoms with Gasteiger partial charge in [0.05, 0.1) is 22.7 Å². The molecule has 0 radical (unpaired) electrons. The summed E-state index contributed by atoms with van der Waals surface area (Å²) in [4.78, 5) is 9.92. The number of thioether (sulfide) groups is 1. The van der Waals surface area contributed by atoms with Gasteiger partial charge in [-0.25, -0.2) is 4.98 Å². The fourth-order valence-electron chi connectivity index (χ4n) is 3.07. The van der Waals surface area contributed by atoms with Gasteiger partial charge in [0.25, 0.3) is 0 Å². The van der Waals surface area contributed by atoms with E-state index in [1.165, 1.54) is 6.42 Å². The summed E-state index contributed by atoms with van der Waals surface area (Å²) in [7, 11) is 0. The monoisotopic (exact) mass is 327 g/mol. The van der Waals surface area contributed by atoms with Crippen molar-refractivity contribution in [1.82, 2.24) is 9.97 Å². The standard InChI is InChI=1S/C15H22ClN3OS/c1-9(2)6-10-7-11-12(21-10)13(18-14(16)17-11)19-15(8-20)4-3-5-15/h9-10,20H,3-8H2,1-2H3,(H,17,18,19). The molecule has 0 bridgehead atoms. The predicted molar refractivity (Wildman–Crippen MR) is 87.1 cm³/mol. The first kappa shape index (κ1) is 15.4. The van der Waals surface area contributed by atoms with Gasteiger partial charge in [-0.05, 0) is 43.2 Å². The molecule has 2 aliphatic rings. The van der Waals surface area contributed by atoms with E-state index in [-0.39, 0.29) is 12.1 Å². The van der Waals surface area contributed by atoms with Gasteiger partial charge in [0, 0.05) is 11.7 Å². The number of fused-ring (bicyclic) bond motifs is 1. The fourth-order valence-corrected chi connectivity index (χ4v) is 4.79. The number of rotatable bonds is 5. The van der Waals surface area contributed by atoms with Crippen molar-refractivity contribution >= 4 is 29.2 Å². The zero-order chi connectivity index (χ0) is 15.0. The van der Waals surface area contributed by atoms with E-state index >= 15 is 0 Å². The fraction of sp³-hybridized carbons (Fsp3) is 0.733. The Labute approximate surface area is 135 Å². The third-order valence-electron chi connectivity index (χ3n) is 4.35. The molecular weight excluding hydrogens is 306 g/mol. The van der Waals surface area contributed by atoms with Gasteiger partial charge in [-0.2, -0.15) is 4.98 Å².